The van der Waals surface area contributed by atoms with Crippen LogP contribution in [0.4, 0.5) is 0 Å². The van der Waals surface area contributed by atoms with E-state index < -0.39 is 0 Å². The third kappa shape index (κ3) is 3.11. The number of ketones is 1. The molecule has 0 aromatic rings. The molecule has 0 saturated carbocycles. The molecule has 26 heavy (non-hydrogen) atoms. The number of piperazine rings is 1. The quantitative estimate of drug-likeness (QED) is 0.533. The molecular weight excluding hydrogens is 320 g/mol. The van der Waals surface area contributed by atoms with Crippen LogP contribution >= 0.6 is 0 Å². The van der Waals surface area contributed by atoms with E-state index in [9.17, 15) is 4.79 Å². The predicted octanol–water partition coefficient (Wildman–Crippen LogP) is 4.88. The molecule has 0 aromatic carbocycles. The van der Waals surface area contributed by atoms with Crippen molar-refractivity contribution in [2.24, 2.45) is 0 Å². The van der Waals surface area contributed by atoms with Crippen molar-refractivity contribution in [3.8, 4) is 0 Å². The average molecular weight is 351 g/mol. The van der Waals surface area contributed by atoms with E-state index in [1.165, 1.54) is 19.3 Å². The van der Waals surface area contributed by atoms with Gasteiger partial charge in [0.25, 0.3) is 0 Å². The van der Waals surface area contributed by atoms with E-state index in [2.05, 4.69) is 49.6 Å². The van der Waals surface area contributed by atoms with Crippen molar-refractivity contribution >= 4 is 5.78 Å². The maximum absolute atomic E-state index is 12.7. The zero-order chi connectivity index (χ0) is 19.0. The Balaban J connectivity index is 2.01. The molecule has 3 nitrogen and oxygen atoms in total. The Kier molecular flexibility index (Phi) is 5.08. The molecule has 2 unspecified atom stereocenters. The number of fused-ring (bicyclic) bond motifs is 2. The topological polar surface area (TPSA) is 23.6 Å². The molecule has 2 atom stereocenters. The Morgan fingerprint density at radius 1 is 1.35 bits per heavy atom. The largest absolute Gasteiger partial charge is 0.363 e. The molecule has 0 aromatic heterocycles. The van der Waals surface area contributed by atoms with Gasteiger partial charge in [0.15, 0.2) is 5.78 Å². The van der Waals surface area contributed by atoms with Crippen LogP contribution in [0.15, 0.2) is 71.8 Å². The molecule has 0 amide bonds. The molecule has 138 valence electrons. The Hall–Kier alpha value is -2.29. The van der Waals surface area contributed by atoms with E-state index in [-0.39, 0.29) is 5.78 Å². The highest BCUT2D eigenvalue weighted by Crippen LogP contribution is 2.42. The van der Waals surface area contributed by atoms with Crippen LogP contribution in [0, 0.1) is 0 Å². The number of Topliss-reactive ketones (excluding diaryl/α,β-unsaturated/α-hetero) is 1. The van der Waals surface area contributed by atoms with Crippen LogP contribution in [0.1, 0.15) is 46.5 Å². The molecule has 2 saturated heterocycles. The van der Waals surface area contributed by atoms with Crippen molar-refractivity contribution in [3.05, 3.63) is 71.8 Å². The van der Waals surface area contributed by atoms with E-state index in [1.807, 2.05) is 6.92 Å². The average Bonchev–Trinajstić information content (AvgIpc) is 2.59. The van der Waals surface area contributed by atoms with Crippen molar-refractivity contribution in [1.29, 1.82) is 0 Å². The summed E-state index contributed by atoms with van der Waals surface area (Å²) in [4.78, 5) is 17.5. The molecule has 0 aliphatic carbocycles. The normalized spacial score (nSPS) is 26.4. The Morgan fingerprint density at radius 2 is 2.08 bits per heavy atom. The number of carbonyl (C=O) groups is 1. The fraction of sp³-hybridized carbons (Fsp3) is 0.435. The number of hydrogen-bond acceptors (Lipinski definition) is 3. The van der Waals surface area contributed by atoms with E-state index in [0.29, 0.717) is 18.5 Å². The van der Waals surface area contributed by atoms with Crippen LogP contribution in [-0.4, -0.2) is 34.2 Å². The maximum atomic E-state index is 12.7. The molecule has 0 spiro atoms. The third-order valence-electron chi connectivity index (χ3n) is 5.93. The van der Waals surface area contributed by atoms with Crippen LogP contribution in [0.3, 0.4) is 0 Å². The summed E-state index contributed by atoms with van der Waals surface area (Å²) in [5, 5.41) is 0. The monoisotopic (exact) mass is 350 g/mol. The van der Waals surface area contributed by atoms with E-state index in [0.717, 1.165) is 40.2 Å². The Labute approximate surface area is 157 Å². The fourth-order valence-corrected chi connectivity index (χ4v) is 4.48. The number of piperidine rings is 1. The predicted molar refractivity (Wildman–Crippen MR) is 108 cm³/mol. The molecule has 3 rings (SSSR count). The van der Waals surface area contributed by atoms with E-state index >= 15 is 0 Å². The highest BCUT2D eigenvalue weighted by molar-refractivity contribution is 5.97. The summed E-state index contributed by atoms with van der Waals surface area (Å²) in [5.41, 5.74) is 5.97. The standard InChI is InChI=1S/C23H30N2O/c1-7-9-15(2)22(26)12-21-18(5)16(3)13-24-14-20-11-8-10-17(4)25(20)19(6)23(21)24/h7,9,13,17,20H,1,5-6,8,10-12,14H2,2-4H3/b15-9+. The minimum atomic E-state index is 0.116. The molecule has 0 N–H and O–H groups in total. The van der Waals surface area contributed by atoms with Crippen LogP contribution < -0.4 is 0 Å². The van der Waals surface area contributed by atoms with Gasteiger partial charge in [0.1, 0.15) is 0 Å². The van der Waals surface area contributed by atoms with Gasteiger partial charge in [-0.25, -0.2) is 0 Å². The molecule has 3 aliphatic rings. The molecule has 3 heterocycles. The van der Waals surface area contributed by atoms with Crippen LogP contribution in [-0.2, 0) is 4.79 Å². The molecular formula is C23H30N2O. The number of nitrogens with zero attached hydrogens (tertiary/aromatic N) is 2. The fourth-order valence-electron chi connectivity index (χ4n) is 4.48. The second kappa shape index (κ2) is 7.14. The smallest absolute Gasteiger partial charge is 0.163 e. The first kappa shape index (κ1) is 18.5. The van der Waals surface area contributed by atoms with Crippen molar-refractivity contribution in [1.82, 2.24) is 9.80 Å². The van der Waals surface area contributed by atoms with Crippen LogP contribution in [0.5, 0.6) is 0 Å². The summed E-state index contributed by atoms with van der Waals surface area (Å²) in [7, 11) is 0. The third-order valence-corrected chi connectivity index (χ3v) is 5.93. The molecule has 3 heteroatoms. The Morgan fingerprint density at radius 3 is 2.77 bits per heavy atom. The van der Waals surface area contributed by atoms with Gasteiger partial charge in [0.2, 0.25) is 0 Å². The Bertz CT molecular complexity index is 765. The summed E-state index contributed by atoms with van der Waals surface area (Å²) in [6.07, 6.45) is 9.66. The molecule has 0 bridgehead atoms. The number of allylic oxidation sites excluding steroid dienone is 6. The summed E-state index contributed by atoms with van der Waals surface area (Å²) in [6, 6.07) is 1.00. The van der Waals surface area contributed by atoms with Gasteiger partial charge in [0.05, 0.1) is 11.4 Å². The van der Waals surface area contributed by atoms with Crippen molar-refractivity contribution in [3.63, 3.8) is 0 Å². The zero-order valence-corrected chi connectivity index (χ0v) is 16.3. The lowest BCUT2D eigenvalue weighted by atomic mass is 9.85. The first-order valence-corrected chi connectivity index (χ1v) is 9.53. The van der Waals surface area contributed by atoms with Crippen molar-refractivity contribution in [2.45, 2.75) is 58.5 Å². The number of rotatable bonds is 4. The van der Waals surface area contributed by atoms with Gasteiger partial charge in [-0.15, -0.1) is 0 Å². The first-order valence-electron chi connectivity index (χ1n) is 9.53. The summed E-state index contributed by atoms with van der Waals surface area (Å²) < 4.78 is 0. The summed E-state index contributed by atoms with van der Waals surface area (Å²) in [6.45, 7) is 19.6. The van der Waals surface area contributed by atoms with Crippen LogP contribution in [0.25, 0.3) is 0 Å². The lowest BCUT2D eigenvalue weighted by Gasteiger charge is -2.52. The van der Waals surface area contributed by atoms with E-state index in [1.54, 1.807) is 12.2 Å². The molecule has 3 aliphatic heterocycles. The van der Waals surface area contributed by atoms with E-state index in [4.69, 9.17) is 0 Å². The maximum Gasteiger partial charge on any atom is 0.163 e. The lowest BCUT2D eigenvalue weighted by Crippen LogP contribution is -2.54. The lowest BCUT2D eigenvalue weighted by molar-refractivity contribution is -0.114. The SMILES string of the molecule is C=C/C=C(\C)C(=O)CC1=C2C(=C)N3C(C)CCCC3CN2C=C(C)C1=C. The number of hydrogen-bond donors (Lipinski definition) is 0. The second-order valence-corrected chi connectivity index (χ2v) is 7.74. The van der Waals surface area contributed by atoms with Crippen LogP contribution in [0.2, 0.25) is 0 Å². The van der Waals surface area contributed by atoms with Gasteiger partial charge in [-0.3, -0.25) is 4.79 Å². The minimum absolute atomic E-state index is 0.116. The van der Waals surface area contributed by atoms with Gasteiger partial charge in [-0.2, -0.15) is 0 Å². The minimum Gasteiger partial charge on any atom is -0.363 e. The molecule has 0 radical (unpaired) electrons. The zero-order valence-electron chi connectivity index (χ0n) is 16.3. The summed E-state index contributed by atoms with van der Waals surface area (Å²) >= 11 is 0. The first-order chi connectivity index (χ1) is 12.3. The van der Waals surface area contributed by atoms with Crippen molar-refractivity contribution in [2.75, 3.05) is 6.54 Å². The van der Waals surface area contributed by atoms with Gasteiger partial charge in [-0.1, -0.05) is 31.9 Å². The highest BCUT2D eigenvalue weighted by Gasteiger charge is 2.39. The van der Waals surface area contributed by atoms with Gasteiger partial charge >= 0.3 is 0 Å². The summed E-state index contributed by atoms with van der Waals surface area (Å²) in [5.74, 6) is 0.116. The van der Waals surface area contributed by atoms with Crippen molar-refractivity contribution < 1.29 is 4.79 Å². The second-order valence-electron chi connectivity index (χ2n) is 7.74. The molecule has 2 fully saturated rings. The highest BCUT2D eigenvalue weighted by atomic mass is 16.1. The van der Waals surface area contributed by atoms with Gasteiger partial charge in [-0.05, 0) is 62.3 Å². The van der Waals surface area contributed by atoms with Gasteiger partial charge < -0.3 is 9.80 Å². The number of carbonyl (C=O) groups excluding carboxylic acids is 1. The van der Waals surface area contributed by atoms with Gasteiger partial charge in [0, 0.05) is 31.2 Å².